The molecular weight excluding hydrogens is 198 g/mol. The fourth-order valence-electron chi connectivity index (χ4n) is 1.85. The average Bonchev–Trinajstić information content (AvgIpc) is 2.72. The van der Waals surface area contributed by atoms with Crippen LogP contribution in [-0.4, -0.2) is 11.3 Å². The predicted octanol–water partition coefficient (Wildman–Crippen LogP) is 3.44. The maximum Gasteiger partial charge on any atom is 0.150 e. The van der Waals surface area contributed by atoms with E-state index in [1.54, 1.807) is 0 Å². The highest BCUT2D eigenvalue weighted by Crippen LogP contribution is 2.31. The molecule has 2 heteroatoms. The third kappa shape index (κ3) is 1.56. The van der Waals surface area contributed by atoms with Crippen molar-refractivity contribution in [2.75, 3.05) is 0 Å². The first kappa shape index (κ1) is 10.7. The van der Waals surface area contributed by atoms with Gasteiger partial charge >= 0.3 is 0 Å². The average molecular weight is 213 g/mol. The Kier molecular flexibility index (Phi) is 2.43. The van der Waals surface area contributed by atoms with Crippen molar-refractivity contribution in [1.82, 2.24) is 4.98 Å². The number of aldehydes is 1. The summed E-state index contributed by atoms with van der Waals surface area (Å²) in [6.07, 6.45) is 4.78. The van der Waals surface area contributed by atoms with Crippen molar-refractivity contribution in [2.24, 2.45) is 0 Å². The van der Waals surface area contributed by atoms with E-state index in [2.05, 4.69) is 25.4 Å². The van der Waals surface area contributed by atoms with Gasteiger partial charge in [0.1, 0.15) is 6.29 Å². The van der Waals surface area contributed by atoms with Gasteiger partial charge in [-0.05, 0) is 23.8 Å². The van der Waals surface area contributed by atoms with Crippen LogP contribution in [0.2, 0.25) is 0 Å². The van der Waals surface area contributed by atoms with Gasteiger partial charge in [0, 0.05) is 28.1 Å². The van der Waals surface area contributed by atoms with Crippen LogP contribution in [0.1, 0.15) is 29.8 Å². The second-order valence-corrected chi connectivity index (χ2v) is 4.55. The van der Waals surface area contributed by atoms with Crippen LogP contribution in [-0.2, 0) is 5.41 Å². The molecule has 0 unspecified atom stereocenters. The topological polar surface area (TPSA) is 32.9 Å². The zero-order valence-corrected chi connectivity index (χ0v) is 9.58. The lowest BCUT2D eigenvalue weighted by Crippen LogP contribution is -2.11. The molecule has 1 N–H and O–H groups in total. The number of allylic oxidation sites excluding steroid dienone is 1. The van der Waals surface area contributed by atoms with Gasteiger partial charge in [0.25, 0.3) is 0 Å². The Hall–Kier alpha value is -1.83. The van der Waals surface area contributed by atoms with E-state index in [4.69, 9.17) is 0 Å². The van der Waals surface area contributed by atoms with Crippen molar-refractivity contribution in [1.29, 1.82) is 0 Å². The molecule has 0 aliphatic rings. The monoisotopic (exact) mass is 213 g/mol. The SMILES string of the molecule is C=CC(C)(C)c1c[nH]c2ccc(C=O)cc12. The molecule has 16 heavy (non-hydrogen) atoms. The molecule has 1 aromatic carbocycles. The Morgan fingerprint density at radius 3 is 2.75 bits per heavy atom. The van der Waals surface area contributed by atoms with Crippen molar-refractivity contribution in [2.45, 2.75) is 19.3 Å². The summed E-state index contributed by atoms with van der Waals surface area (Å²) in [5, 5.41) is 1.09. The Bertz CT molecular complexity index is 549. The second kappa shape index (κ2) is 3.63. The Balaban J connectivity index is 2.71. The highest BCUT2D eigenvalue weighted by Gasteiger charge is 2.20. The van der Waals surface area contributed by atoms with Crippen molar-refractivity contribution in [3.8, 4) is 0 Å². The third-order valence-electron chi connectivity index (χ3n) is 3.05. The van der Waals surface area contributed by atoms with Crippen molar-refractivity contribution in [3.05, 3.63) is 48.2 Å². The fourth-order valence-corrected chi connectivity index (χ4v) is 1.85. The normalized spacial score (nSPS) is 11.6. The standard InChI is InChI=1S/C14H15NO/c1-4-14(2,3)12-8-15-13-6-5-10(9-16)7-11(12)13/h4-9,15H,1H2,2-3H3. The minimum Gasteiger partial charge on any atom is -0.361 e. The molecule has 0 bridgehead atoms. The molecule has 82 valence electrons. The number of hydrogen-bond acceptors (Lipinski definition) is 1. The molecule has 0 spiro atoms. The zero-order chi connectivity index (χ0) is 11.8. The summed E-state index contributed by atoms with van der Waals surface area (Å²) in [4.78, 5) is 14.0. The molecule has 2 rings (SSSR count). The number of carbonyl (C=O) groups is 1. The zero-order valence-electron chi connectivity index (χ0n) is 9.58. The molecule has 0 fully saturated rings. The number of nitrogens with one attached hydrogen (secondary N) is 1. The van der Waals surface area contributed by atoms with E-state index in [0.29, 0.717) is 5.56 Å². The minimum atomic E-state index is -0.0975. The summed E-state index contributed by atoms with van der Waals surface area (Å²) in [6, 6.07) is 5.66. The van der Waals surface area contributed by atoms with Gasteiger partial charge in [-0.2, -0.15) is 0 Å². The summed E-state index contributed by atoms with van der Waals surface area (Å²) in [7, 11) is 0. The summed E-state index contributed by atoms with van der Waals surface area (Å²) >= 11 is 0. The second-order valence-electron chi connectivity index (χ2n) is 4.55. The van der Waals surface area contributed by atoms with Crippen LogP contribution >= 0.6 is 0 Å². The van der Waals surface area contributed by atoms with Crippen LogP contribution < -0.4 is 0 Å². The lowest BCUT2D eigenvalue weighted by Gasteiger charge is -2.19. The molecule has 0 saturated heterocycles. The molecule has 2 nitrogen and oxygen atoms in total. The van der Waals surface area contributed by atoms with Crippen LogP contribution in [0.5, 0.6) is 0 Å². The number of hydrogen-bond donors (Lipinski definition) is 1. The van der Waals surface area contributed by atoms with E-state index in [0.717, 1.165) is 17.2 Å². The van der Waals surface area contributed by atoms with Crippen LogP contribution in [0, 0.1) is 0 Å². The van der Waals surface area contributed by atoms with Crippen molar-refractivity contribution < 1.29 is 4.79 Å². The summed E-state index contributed by atoms with van der Waals surface area (Å²) in [5.74, 6) is 0. The molecule has 0 aliphatic heterocycles. The Morgan fingerprint density at radius 1 is 1.38 bits per heavy atom. The molecule has 2 aromatic rings. The van der Waals surface area contributed by atoms with Crippen LogP contribution in [0.4, 0.5) is 0 Å². The van der Waals surface area contributed by atoms with Gasteiger partial charge in [0.05, 0.1) is 0 Å². The quantitative estimate of drug-likeness (QED) is 0.614. The molecule has 0 radical (unpaired) electrons. The Morgan fingerprint density at radius 2 is 2.12 bits per heavy atom. The lowest BCUT2D eigenvalue weighted by molar-refractivity contribution is 0.112. The molecule has 1 heterocycles. The van der Waals surface area contributed by atoms with E-state index < -0.39 is 0 Å². The number of H-pyrrole nitrogens is 1. The number of fused-ring (bicyclic) bond motifs is 1. The van der Waals surface area contributed by atoms with Crippen LogP contribution in [0.25, 0.3) is 10.9 Å². The first-order valence-electron chi connectivity index (χ1n) is 5.29. The first-order chi connectivity index (χ1) is 7.58. The van der Waals surface area contributed by atoms with E-state index >= 15 is 0 Å². The van der Waals surface area contributed by atoms with Gasteiger partial charge in [-0.1, -0.05) is 19.9 Å². The van der Waals surface area contributed by atoms with Crippen molar-refractivity contribution >= 4 is 17.2 Å². The molecule has 1 aromatic heterocycles. The highest BCUT2D eigenvalue weighted by atomic mass is 16.1. The van der Waals surface area contributed by atoms with Gasteiger partial charge in [0.15, 0.2) is 0 Å². The lowest BCUT2D eigenvalue weighted by atomic mass is 9.84. The van der Waals surface area contributed by atoms with Gasteiger partial charge in [-0.25, -0.2) is 0 Å². The molecule has 0 aliphatic carbocycles. The highest BCUT2D eigenvalue weighted by molar-refractivity contribution is 5.90. The molecule has 0 saturated carbocycles. The number of carbonyl (C=O) groups excluding carboxylic acids is 1. The van der Waals surface area contributed by atoms with Crippen LogP contribution in [0.15, 0.2) is 37.1 Å². The largest absolute Gasteiger partial charge is 0.361 e. The minimum absolute atomic E-state index is 0.0975. The molecular formula is C14H15NO. The van der Waals surface area contributed by atoms with E-state index in [1.807, 2.05) is 30.5 Å². The summed E-state index contributed by atoms with van der Waals surface area (Å²) < 4.78 is 0. The number of benzene rings is 1. The van der Waals surface area contributed by atoms with Gasteiger partial charge in [0.2, 0.25) is 0 Å². The maximum atomic E-state index is 10.8. The predicted molar refractivity (Wildman–Crippen MR) is 66.9 cm³/mol. The smallest absolute Gasteiger partial charge is 0.150 e. The van der Waals surface area contributed by atoms with Gasteiger partial charge in [-0.3, -0.25) is 4.79 Å². The number of aromatic amines is 1. The maximum absolute atomic E-state index is 10.8. The van der Waals surface area contributed by atoms with E-state index in [9.17, 15) is 4.79 Å². The number of aromatic nitrogens is 1. The van der Waals surface area contributed by atoms with Crippen molar-refractivity contribution in [3.63, 3.8) is 0 Å². The van der Waals surface area contributed by atoms with Gasteiger partial charge < -0.3 is 4.98 Å². The summed E-state index contributed by atoms with van der Waals surface area (Å²) in [5.41, 5.74) is 2.82. The third-order valence-corrected chi connectivity index (χ3v) is 3.05. The van der Waals surface area contributed by atoms with Crippen LogP contribution in [0.3, 0.4) is 0 Å². The number of rotatable bonds is 3. The molecule has 0 amide bonds. The molecule has 0 atom stereocenters. The summed E-state index contributed by atoms with van der Waals surface area (Å²) in [6.45, 7) is 8.07. The van der Waals surface area contributed by atoms with E-state index in [1.165, 1.54) is 5.56 Å². The fraction of sp³-hybridized carbons (Fsp3) is 0.214. The first-order valence-corrected chi connectivity index (χ1v) is 5.29. The van der Waals surface area contributed by atoms with Gasteiger partial charge in [-0.15, -0.1) is 6.58 Å². The Labute approximate surface area is 95.0 Å². The van der Waals surface area contributed by atoms with E-state index in [-0.39, 0.29) is 5.41 Å².